The largest absolute Gasteiger partial charge is 0.480 e. The monoisotopic (exact) mass is 311 g/mol. The molecule has 0 radical (unpaired) electrons. The minimum absolute atomic E-state index is 0.0105. The van der Waals surface area contributed by atoms with Crippen LogP contribution in [0.15, 0.2) is 30.0 Å². The lowest BCUT2D eigenvalue weighted by atomic mass is 10.1. The second-order valence-electron chi connectivity index (χ2n) is 4.87. The summed E-state index contributed by atoms with van der Waals surface area (Å²) in [4.78, 5) is 24.2. The number of carboxylic acid groups (broad SMARTS) is 1. The van der Waals surface area contributed by atoms with Crippen LogP contribution in [0.4, 0.5) is 8.78 Å². The Morgan fingerprint density at radius 2 is 2.05 bits per heavy atom. The lowest BCUT2D eigenvalue weighted by Gasteiger charge is -2.24. The van der Waals surface area contributed by atoms with E-state index in [9.17, 15) is 18.4 Å². The van der Waals surface area contributed by atoms with E-state index in [4.69, 9.17) is 9.84 Å². The Bertz CT molecular complexity index is 610. The van der Waals surface area contributed by atoms with E-state index >= 15 is 0 Å². The average Bonchev–Trinajstić information content (AvgIpc) is 2.81. The van der Waals surface area contributed by atoms with E-state index in [0.717, 1.165) is 23.1 Å². The number of amides is 1. The normalized spacial score (nSPS) is 15.7. The molecule has 7 heteroatoms. The zero-order valence-electron chi connectivity index (χ0n) is 11.9. The fraction of sp³-hybridized carbons (Fsp3) is 0.333. The highest BCUT2D eigenvalue weighted by Crippen LogP contribution is 2.26. The molecule has 1 N–H and O–H groups in total. The molecule has 22 heavy (non-hydrogen) atoms. The second kappa shape index (κ2) is 6.55. The first kappa shape index (κ1) is 15.9. The molecule has 1 aliphatic rings. The van der Waals surface area contributed by atoms with Crippen molar-refractivity contribution in [2.45, 2.75) is 25.8 Å². The Kier molecular flexibility index (Phi) is 4.75. The van der Waals surface area contributed by atoms with Crippen LogP contribution in [0.5, 0.6) is 5.75 Å². The van der Waals surface area contributed by atoms with Gasteiger partial charge in [-0.3, -0.25) is 4.79 Å². The fourth-order valence-electron chi connectivity index (χ4n) is 2.23. The van der Waals surface area contributed by atoms with E-state index in [-0.39, 0.29) is 18.7 Å². The van der Waals surface area contributed by atoms with Gasteiger partial charge in [-0.15, -0.1) is 0 Å². The zero-order chi connectivity index (χ0) is 16.3. The van der Waals surface area contributed by atoms with Gasteiger partial charge in [0.15, 0.2) is 17.4 Å². The van der Waals surface area contributed by atoms with Gasteiger partial charge in [-0.05, 0) is 18.6 Å². The topological polar surface area (TPSA) is 66.8 Å². The van der Waals surface area contributed by atoms with Gasteiger partial charge in [0.25, 0.3) is 5.91 Å². The van der Waals surface area contributed by atoms with Crippen molar-refractivity contribution in [2.24, 2.45) is 0 Å². The molecule has 1 unspecified atom stereocenters. The van der Waals surface area contributed by atoms with Crippen LogP contribution in [0.1, 0.15) is 19.8 Å². The molecule has 118 valence electrons. The predicted molar refractivity (Wildman–Crippen MR) is 73.1 cm³/mol. The van der Waals surface area contributed by atoms with Gasteiger partial charge in [-0.1, -0.05) is 19.4 Å². The molecule has 0 spiro atoms. The summed E-state index contributed by atoms with van der Waals surface area (Å²) in [6.45, 7) is 1.67. The molecule has 0 aromatic heterocycles. The third-order valence-electron chi connectivity index (χ3n) is 3.27. The van der Waals surface area contributed by atoms with Crippen LogP contribution in [0.3, 0.4) is 0 Å². The fourth-order valence-corrected chi connectivity index (χ4v) is 2.23. The van der Waals surface area contributed by atoms with Crippen LogP contribution in [0, 0.1) is 11.6 Å². The summed E-state index contributed by atoms with van der Waals surface area (Å²) in [5.41, 5.74) is 0. The van der Waals surface area contributed by atoms with Crippen LogP contribution in [0.2, 0.25) is 0 Å². The zero-order valence-corrected chi connectivity index (χ0v) is 11.9. The summed E-state index contributed by atoms with van der Waals surface area (Å²) in [5, 5.41) is 9.17. The molecule has 0 saturated heterocycles. The molecule has 2 rings (SSSR count). The van der Waals surface area contributed by atoms with Crippen molar-refractivity contribution < 1.29 is 28.2 Å². The number of carbonyl (C=O) groups is 2. The van der Waals surface area contributed by atoms with Crippen molar-refractivity contribution in [3.05, 3.63) is 41.7 Å². The van der Waals surface area contributed by atoms with Gasteiger partial charge in [0, 0.05) is 6.08 Å². The summed E-state index contributed by atoms with van der Waals surface area (Å²) >= 11 is 0. The number of hydrogen-bond donors (Lipinski definition) is 1. The number of benzene rings is 1. The van der Waals surface area contributed by atoms with Gasteiger partial charge in [-0.2, -0.15) is 0 Å². The Labute approximate surface area is 125 Å². The quantitative estimate of drug-likeness (QED) is 0.875. The first-order valence-electron chi connectivity index (χ1n) is 6.80. The smallest absolute Gasteiger partial charge is 0.326 e. The van der Waals surface area contributed by atoms with Gasteiger partial charge in [-0.25, -0.2) is 13.6 Å². The van der Waals surface area contributed by atoms with Gasteiger partial charge >= 0.3 is 5.97 Å². The van der Waals surface area contributed by atoms with Crippen molar-refractivity contribution in [2.75, 3.05) is 6.54 Å². The highest BCUT2D eigenvalue weighted by molar-refractivity contribution is 5.94. The van der Waals surface area contributed by atoms with Crippen LogP contribution in [-0.2, 0) is 9.59 Å². The van der Waals surface area contributed by atoms with E-state index in [0.29, 0.717) is 6.42 Å². The summed E-state index contributed by atoms with van der Waals surface area (Å²) in [6, 6.07) is 2.27. The summed E-state index contributed by atoms with van der Waals surface area (Å²) in [6.07, 6.45) is 1.92. The van der Waals surface area contributed by atoms with Crippen LogP contribution in [0.25, 0.3) is 0 Å². The molecular weight excluding hydrogens is 296 g/mol. The van der Waals surface area contributed by atoms with Gasteiger partial charge < -0.3 is 14.7 Å². The van der Waals surface area contributed by atoms with Crippen LogP contribution in [-0.4, -0.2) is 34.5 Å². The number of nitrogens with zero attached hydrogens (tertiary/aromatic N) is 1. The number of rotatable bonds is 6. The molecule has 0 fully saturated rings. The maximum Gasteiger partial charge on any atom is 0.326 e. The Hall–Kier alpha value is -2.44. The molecule has 0 bridgehead atoms. The van der Waals surface area contributed by atoms with Gasteiger partial charge in [0.1, 0.15) is 11.8 Å². The predicted octanol–water partition coefficient (Wildman–Crippen LogP) is 2.32. The Morgan fingerprint density at radius 1 is 1.41 bits per heavy atom. The van der Waals surface area contributed by atoms with Crippen LogP contribution >= 0.6 is 0 Å². The number of carbonyl (C=O) groups excluding carboxylic acids is 1. The van der Waals surface area contributed by atoms with E-state index in [1.807, 2.05) is 0 Å². The van der Waals surface area contributed by atoms with E-state index < -0.39 is 35.3 Å². The van der Waals surface area contributed by atoms with Crippen molar-refractivity contribution in [1.82, 2.24) is 4.90 Å². The van der Waals surface area contributed by atoms with Crippen molar-refractivity contribution in [3.63, 3.8) is 0 Å². The lowest BCUT2D eigenvalue weighted by Crippen LogP contribution is -2.42. The highest BCUT2D eigenvalue weighted by Gasteiger charge is 2.34. The maximum absolute atomic E-state index is 13.5. The molecule has 0 saturated carbocycles. The number of aliphatic carboxylic acids is 1. The first-order chi connectivity index (χ1) is 10.4. The molecule has 0 aliphatic carbocycles. The maximum atomic E-state index is 13.5. The summed E-state index contributed by atoms with van der Waals surface area (Å²) < 4.78 is 32.1. The molecule has 1 aromatic rings. The standard InChI is InChI=1S/C15H15F2NO4/c1-2-4-12(15(20)21)18-8-9(7-13(18)19)22-14-10(16)5-3-6-11(14)17/h3,5-7,12H,2,4,8H2,1H3,(H,20,21). The Morgan fingerprint density at radius 3 is 2.59 bits per heavy atom. The van der Waals surface area contributed by atoms with E-state index in [2.05, 4.69) is 0 Å². The van der Waals surface area contributed by atoms with Crippen molar-refractivity contribution >= 4 is 11.9 Å². The molecule has 1 aromatic carbocycles. The average molecular weight is 311 g/mol. The molecule has 1 aliphatic heterocycles. The summed E-state index contributed by atoms with van der Waals surface area (Å²) in [5.74, 6) is -4.05. The minimum Gasteiger partial charge on any atom is -0.480 e. The highest BCUT2D eigenvalue weighted by atomic mass is 19.1. The second-order valence-corrected chi connectivity index (χ2v) is 4.87. The van der Waals surface area contributed by atoms with Crippen molar-refractivity contribution in [1.29, 1.82) is 0 Å². The van der Waals surface area contributed by atoms with E-state index in [1.165, 1.54) is 6.07 Å². The lowest BCUT2D eigenvalue weighted by molar-refractivity contribution is -0.147. The van der Waals surface area contributed by atoms with Crippen molar-refractivity contribution in [3.8, 4) is 5.75 Å². The number of hydrogen-bond acceptors (Lipinski definition) is 3. The molecule has 1 atom stereocenters. The molecular formula is C15H15F2NO4. The molecule has 5 nitrogen and oxygen atoms in total. The molecule has 1 heterocycles. The van der Waals surface area contributed by atoms with Crippen LogP contribution < -0.4 is 4.74 Å². The Balaban J connectivity index is 2.14. The SMILES string of the molecule is CCCC(C(=O)O)N1CC(Oc2c(F)cccc2F)=CC1=O. The number of ether oxygens (including phenoxy) is 1. The number of para-hydroxylation sites is 1. The number of halogens is 2. The van der Waals surface area contributed by atoms with Gasteiger partial charge in [0.05, 0.1) is 6.54 Å². The first-order valence-corrected chi connectivity index (χ1v) is 6.80. The summed E-state index contributed by atoms with van der Waals surface area (Å²) in [7, 11) is 0. The minimum atomic E-state index is -1.12. The van der Waals surface area contributed by atoms with E-state index in [1.54, 1.807) is 6.92 Å². The third kappa shape index (κ3) is 3.24. The van der Waals surface area contributed by atoms with Gasteiger partial charge in [0.2, 0.25) is 0 Å². The third-order valence-corrected chi connectivity index (χ3v) is 3.27. The molecule has 1 amide bonds. The number of carboxylic acids is 1.